The van der Waals surface area contributed by atoms with Gasteiger partial charge in [-0.1, -0.05) is 30.3 Å². The first kappa shape index (κ1) is 22.6. The first-order valence-electron chi connectivity index (χ1n) is 10.1. The zero-order chi connectivity index (χ0) is 22.5. The van der Waals surface area contributed by atoms with E-state index in [0.717, 1.165) is 32.9 Å². The summed E-state index contributed by atoms with van der Waals surface area (Å²) in [6.07, 6.45) is 0.197. The van der Waals surface area contributed by atoms with Crippen LogP contribution in [0.4, 0.5) is 5.00 Å². The average Bonchev–Trinajstić information content (AvgIpc) is 3.06. The van der Waals surface area contributed by atoms with E-state index in [0.29, 0.717) is 17.2 Å². The number of amides is 1. The van der Waals surface area contributed by atoms with Crippen LogP contribution in [-0.2, 0) is 16.0 Å². The fourth-order valence-corrected chi connectivity index (χ4v) is 4.48. The molecule has 1 aromatic heterocycles. The van der Waals surface area contributed by atoms with Crippen molar-refractivity contribution in [3.8, 4) is 16.9 Å². The smallest absolute Gasteiger partial charge is 0.341 e. The number of hydrogen-bond donors (Lipinski definition) is 1. The molecule has 0 aliphatic carbocycles. The number of hydrogen-bond acceptors (Lipinski definition) is 5. The molecular formula is C25H27NO4S. The number of benzene rings is 2. The highest BCUT2D eigenvalue weighted by atomic mass is 32.1. The van der Waals surface area contributed by atoms with Crippen LogP contribution in [0.25, 0.3) is 11.1 Å². The second kappa shape index (κ2) is 9.79. The van der Waals surface area contributed by atoms with Gasteiger partial charge in [-0.15, -0.1) is 11.3 Å². The van der Waals surface area contributed by atoms with Gasteiger partial charge in [0.2, 0.25) is 5.91 Å². The maximum atomic E-state index is 12.7. The lowest BCUT2D eigenvalue weighted by Crippen LogP contribution is -2.16. The van der Waals surface area contributed by atoms with Crippen LogP contribution in [0.1, 0.15) is 38.8 Å². The summed E-state index contributed by atoms with van der Waals surface area (Å²) in [6.45, 7) is 8.56. The van der Waals surface area contributed by atoms with Crippen LogP contribution in [0.3, 0.4) is 0 Å². The largest absolute Gasteiger partial charge is 0.494 e. The predicted molar refractivity (Wildman–Crippen MR) is 125 cm³/mol. The number of rotatable bonds is 7. The van der Waals surface area contributed by atoms with Crippen LogP contribution >= 0.6 is 11.3 Å². The number of carbonyl (C=O) groups excluding carboxylic acids is 2. The van der Waals surface area contributed by atoms with Crippen LogP contribution in [0.15, 0.2) is 42.5 Å². The summed E-state index contributed by atoms with van der Waals surface area (Å²) < 4.78 is 10.5. The lowest BCUT2D eigenvalue weighted by molar-refractivity contribution is -0.115. The van der Waals surface area contributed by atoms with Crippen molar-refractivity contribution in [2.75, 3.05) is 19.0 Å². The number of thiophene rings is 1. The van der Waals surface area contributed by atoms with Gasteiger partial charge in [-0.2, -0.15) is 0 Å². The number of aryl methyl sites for hydroxylation is 3. The molecule has 31 heavy (non-hydrogen) atoms. The van der Waals surface area contributed by atoms with Crippen molar-refractivity contribution in [3.05, 3.63) is 69.6 Å². The molecule has 0 saturated carbocycles. The van der Waals surface area contributed by atoms with Crippen LogP contribution in [0, 0.1) is 20.8 Å². The molecule has 0 saturated heterocycles. The summed E-state index contributed by atoms with van der Waals surface area (Å²) in [7, 11) is 1.35. The molecule has 2 aromatic carbocycles. The molecule has 0 unspecified atom stereocenters. The van der Waals surface area contributed by atoms with Crippen LogP contribution in [0.2, 0.25) is 0 Å². The van der Waals surface area contributed by atoms with Crippen LogP contribution < -0.4 is 10.1 Å². The second-order valence-electron chi connectivity index (χ2n) is 7.33. The highest BCUT2D eigenvalue weighted by Gasteiger charge is 2.25. The van der Waals surface area contributed by atoms with E-state index >= 15 is 0 Å². The van der Waals surface area contributed by atoms with E-state index in [1.807, 2.05) is 64.1 Å². The molecule has 6 heteroatoms. The first-order chi connectivity index (χ1) is 14.8. The molecule has 0 atom stereocenters. The Labute approximate surface area is 187 Å². The molecule has 1 amide bonds. The Balaban J connectivity index is 1.89. The molecule has 1 N–H and O–H groups in total. The van der Waals surface area contributed by atoms with Crippen LogP contribution in [0.5, 0.6) is 5.75 Å². The number of anilines is 1. The molecule has 0 aliphatic heterocycles. The van der Waals surface area contributed by atoms with Crippen molar-refractivity contribution in [1.29, 1.82) is 0 Å². The summed E-state index contributed by atoms with van der Waals surface area (Å²) in [4.78, 5) is 26.3. The molecule has 3 aromatic rings. The first-order valence-corrected chi connectivity index (χ1v) is 11.0. The molecular weight excluding hydrogens is 410 g/mol. The van der Waals surface area contributed by atoms with Crippen molar-refractivity contribution >= 4 is 28.2 Å². The quantitative estimate of drug-likeness (QED) is 0.481. The topological polar surface area (TPSA) is 64.6 Å². The van der Waals surface area contributed by atoms with E-state index in [1.54, 1.807) is 0 Å². The molecule has 0 spiro atoms. The van der Waals surface area contributed by atoms with Crippen molar-refractivity contribution < 1.29 is 19.1 Å². The number of methoxy groups -OCH3 is 1. The van der Waals surface area contributed by atoms with Gasteiger partial charge in [0.15, 0.2) is 0 Å². The molecule has 1 heterocycles. The number of ether oxygens (including phenoxy) is 2. The highest BCUT2D eigenvalue weighted by Crippen LogP contribution is 2.40. The predicted octanol–water partition coefficient (Wildman–Crippen LogP) is 5.71. The minimum absolute atomic E-state index is 0.192. The van der Waals surface area contributed by atoms with Crippen molar-refractivity contribution in [1.82, 2.24) is 0 Å². The molecule has 0 aliphatic rings. The van der Waals surface area contributed by atoms with Gasteiger partial charge in [-0.25, -0.2) is 4.79 Å². The van der Waals surface area contributed by atoms with Gasteiger partial charge in [-0.3, -0.25) is 4.79 Å². The second-order valence-corrected chi connectivity index (χ2v) is 8.55. The Morgan fingerprint density at radius 2 is 1.71 bits per heavy atom. The van der Waals surface area contributed by atoms with Gasteiger partial charge in [0.25, 0.3) is 0 Å². The summed E-state index contributed by atoms with van der Waals surface area (Å²) in [5.41, 5.74) is 5.32. The standard InChI is InChI=1S/C25H27NO4S/c1-6-30-20-11-8-18(9-12-20)14-21(27)26-24-23(25(28)29-5)22(17(4)31-24)19-10-7-15(2)16(3)13-19/h7-13H,6,14H2,1-5H3,(H,26,27). The van der Waals surface area contributed by atoms with E-state index < -0.39 is 5.97 Å². The Hall–Kier alpha value is -3.12. The summed E-state index contributed by atoms with van der Waals surface area (Å²) in [6, 6.07) is 13.5. The SMILES string of the molecule is CCOc1ccc(CC(=O)Nc2sc(C)c(-c3ccc(C)c(C)c3)c2C(=O)OC)cc1. The van der Waals surface area contributed by atoms with Gasteiger partial charge in [0, 0.05) is 10.4 Å². The number of nitrogens with one attached hydrogen (secondary N) is 1. The highest BCUT2D eigenvalue weighted by molar-refractivity contribution is 7.17. The average molecular weight is 438 g/mol. The summed E-state index contributed by atoms with van der Waals surface area (Å²) in [5, 5.41) is 3.43. The van der Waals surface area contributed by atoms with Gasteiger partial charge < -0.3 is 14.8 Å². The minimum Gasteiger partial charge on any atom is -0.494 e. The Bertz CT molecular complexity index is 1100. The van der Waals surface area contributed by atoms with E-state index in [9.17, 15) is 9.59 Å². The molecule has 3 rings (SSSR count). The third-order valence-electron chi connectivity index (χ3n) is 5.12. The van der Waals surface area contributed by atoms with Gasteiger partial charge in [0.1, 0.15) is 16.3 Å². The Kier molecular flexibility index (Phi) is 7.13. The van der Waals surface area contributed by atoms with Crippen molar-refractivity contribution in [2.24, 2.45) is 0 Å². The van der Waals surface area contributed by atoms with Gasteiger partial charge >= 0.3 is 5.97 Å². The maximum Gasteiger partial charge on any atom is 0.341 e. The van der Waals surface area contributed by atoms with Crippen LogP contribution in [-0.4, -0.2) is 25.6 Å². The summed E-state index contributed by atoms with van der Waals surface area (Å²) >= 11 is 1.38. The summed E-state index contributed by atoms with van der Waals surface area (Å²) in [5.74, 6) is 0.114. The third kappa shape index (κ3) is 5.14. The Morgan fingerprint density at radius 3 is 2.32 bits per heavy atom. The van der Waals surface area contributed by atoms with Crippen molar-refractivity contribution in [2.45, 2.75) is 34.1 Å². The van der Waals surface area contributed by atoms with E-state index in [4.69, 9.17) is 9.47 Å². The monoisotopic (exact) mass is 437 g/mol. The van der Waals surface area contributed by atoms with E-state index in [1.165, 1.54) is 24.0 Å². The fourth-order valence-electron chi connectivity index (χ4n) is 3.40. The van der Waals surface area contributed by atoms with E-state index in [-0.39, 0.29) is 12.3 Å². The van der Waals surface area contributed by atoms with Gasteiger partial charge in [0.05, 0.1) is 20.1 Å². The molecule has 0 bridgehead atoms. The zero-order valence-corrected chi connectivity index (χ0v) is 19.3. The molecule has 162 valence electrons. The van der Waals surface area contributed by atoms with E-state index in [2.05, 4.69) is 11.4 Å². The molecule has 0 fully saturated rings. The molecule has 5 nitrogen and oxygen atoms in total. The lowest BCUT2D eigenvalue weighted by Gasteiger charge is -2.10. The Morgan fingerprint density at radius 1 is 1.00 bits per heavy atom. The third-order valence-corrected chi connectivity index (χ3v) is 6.14. The zero-order valence-electron chi connectivity index (χ0n) is 18.5. The maximum absolute atomic E-state index is 12.7. The number of carbonyl (C=O) groups is 2. The van der Waals surface area contributed by atoms with Crippen molar-refractivity contribution in [3.63, 3.8) is 0 Å². The minimum atomic E-state index is -0.464. The normalized spacial score (nSPS) is 10.6. The molecule has 0 radical (unpaired) electrons. The fraction of sp³-hybridized carbons (Fsp3) is 0.280. The van der Waals surface area contributed by atoms with Gasteiger partial charge in [-0.05, 0) is 62.1 Å². The number of esters is 1. The lowest BCUT2D eigenvalue weighted by atomic mass is 9.97.